The molecule has 0 fully saturated rings. The maximum Gasteiger partial charge on any atom is 0.146 e. The van der Waals surface area contributed by atoms with Crippen LogP contribution in [-0.4, -0.2) is 5.78 Å². The summed E-state index contributed by atoms with van der Waals surface area (Å²) in [5.41, 5.74) is 1.03. The number of Topliss-reactive ketones (excluding diaryl/α,β-unsaturated/α-hetero) is 1. The van der Waals surface area contributed by atoms with E-state index in [1.54, 1.807) is 6.07 Å². The first kappa shape index (κ1) is 15.0. The smallest absolute Gasteiger partial charge is 0.146 e. The van der Waals surface area contributed by atoms with Gasteiger partial charge in [-0.2, -0.15) is 5.26 Å². The number of benzene rings is 1. The van der Waals surface area contributed by atoms with Gasteiger partial charge in [-0.3, -0.25) is 4.79 Å². The highest BCUT2D eigenvalue weighted by Crippen LogP contribution is 2.28. The van der Waals surface area contributed by atoms with Gasteiger partial charge in [0, 0.05) is 10.0 Å². The Labute approximate surface area is 118 Å². The van der Waals surface area contributed by atoms with E-state index in [9.17, 15) is 4.79 Å². The van der Waals surface area contributed by atoms with Crippen LogP contribution in [0.1, 0.15) is 38.2 Å². The van der Waals surface area contributed by atoms with Crippen molar-refractivity contribution in [2.75, 3.05) is 0 Å². The largest absolute Gasteiger partial charge is 0.299 e. The number of rotatable bonds is 5. The molecule has 18 heavy (non-hydrogen) atoms. The van der Waals surface area contributed by atoms with Gasteiger partial charge in [-0.15, -0.1) is 0 Å². The van der Waals surface area contributed by atoms with E-state index in [0.29, 0.717) is 16.5 Å². The van der Waals surface area contributed by atoms with Crippen LogP contribution in [0.5, 0.6) is 0 Å². The number of nitriles is 1. The molecule has 96 valence electrons. The lowest BCUT2D eigenvalue weighted by molar-refractivity contribution is -0.119. The Kier molecular flexibility index (Phi) is 5.65. The van der Waals surface area contributed by atoms with Gasteiger partial charge in [-0.25, -0.2) is 0 Å². The predicted octanol–water partition coefficient (Wildman–Crippen LogP) is 4.61. The third kappa shape index (κ3) is 4.33. The van der Waals surface area contributed by atoms with E-state index in [2.05, 4.69) is 0 Å². The summed E-state index contributed by atoms with van der Waals surface area (Å²) in [6.45, 7) is 3.49. The number of hydrogen-bond donors (Lipinski definition) is 0. The molecule has 0 saturated carbocycles. The van der Waals surface area contributed by atoms with Gasteiger partial charge in [0.15, 0.2) is 0 Å². The quantitative estimate of drug-likeness (QED) is 0.792. The van der Waals surface area contributed by atoms with Crippen LogP contribution in [0.15, 0.2) is 18.2 Å². The van der Waals surface area contributed by atoms with Gasteiger partial charge in [0.05, 0.1) is 6.07 Å². The van der Waals surface area contributed by atoms with E-state index < -0.39 is 5.92 Å². The van der Waals surface area contributed by atoms with Crippen molar-refractivity contribution < 1.29 is 4.79 Å². The average molecular weight is 284 g/mol. The lowest BCUT2D eigenvalue weighted by Gasteiger charge is -2.14. The van der Waals surface area contributed by atoms with E-state index in [-0.39, 0.29) is 11.7 Å². The molecule has 1 aromatic carbocycles. The van der Waals surface area contributed by atoms with Crippen LogP contribution in [-0.2, 0) is 4.79 Å². The lowest BCUT2D eigenvalue weighted by Crippen LogP contribution is -2.09. The number of halogens is 2. The summed E-state index contributed by atoms with van der Waals surface area (Å²) in [5.74, 6) is -0.368. The average Bonchev–Trinajstić information content (AvgIpc) is 2.27. The van der Waals surface area contributed by atoms with Crippen molar-refractivity contribution in [2.24, 2.45) is 5.92 Å². The van der Waals surface area contributed by atoms with Gasteiger partial charge in [-0.1, -0.05) is 30.1 Å². The standard InChI is InChI=1S/C14H15Cl2NO/c1-9(3-4-11(8-17)10(2)18)12-5-13(15)7-14(16)6-12/h5-7,9,11H,3-4H2,1-2H3. The van der Waals surface area contributed by atoms with Crippen LogP contribution in [0, 0.1) is 17.2 Å². The molecule has 1 aromatic rings. The second-order valence-corrected chi connectivity index (χ2v) is 5.35. The normalized spacial score (nSPS) is 13.7. The fourth-order valence-electron chi connectivity index (χ4n) is 1.80. The van der Waals surface area contributed by atoms with Crippen molar-refractivity contribution in [1.29, 1.82) is 5.26 Å². The van der Waals surface area contributed by atoms with Crippen molar-refractivity contribution in [2.45, 2.75) is 32.6 Å². The van der Waals surface area contributed by atoms with Gasteiger partial charge in [0.2, 0.25) is 0 Å². The second-order valence-electron chi connectivity index (χ2n) is 4.47. The molecule has 2 unspecified atom stereocenters. The van der Waals surface area contributed by atoms with Crippen molar-refractivity contribution in [3.63, 3.8) is 0 Å². The number of carbonyl (C=O) groups excluding carboxylic acids is 1. The van der Waals surface area contributed by atoms with Crippen LogP contribution >= 0.6 is 23.2 Å². The van der Waals surface area contributed by atoms with Gasteiger partial charge in [-0.05, 0) is 49.4 Å². The third-order valence-electron chi connectivity index (χ3n) is 2.99. The fourth-order valence-corrected chi connectivity index (χ4v) is 2.34. The van der Waals surface area contributed by atoms with Crippen LogP contribution < -0.4 is 0 Å². The van der Waals surface area contributed by atoms with Crippen molar-refractivity contribution in [3.05, 3.63) is 33.8 Å². The highest BCUT2D eigenvalue weighted by molar-refractivity contribution is 6.34. The van der Waals surface area contributed by atoms with Gasteiger partial charge >= 0.3 is 0 Å². The number of ketones is 1. The van der Waals surface area contributed by atoms with E-state index in [4.69, 9.17) is 28.5 Å². The van der Waals surface area contributed by atoms with Crippen molar-refractivity contribution >= 4 is 29.0 Å². The SMILES string of the molecule is CC(=O)C(C#N)CCC(C)c1cc(Cl)cc(Cl)c1. The molecule has 0 spiro atoms. The number of nitrogens with zero attached hydrogens (tertiary/aromatic N) is 1. The molecule has 0 aliphatic carbocycles. The molecule has 0 amide bonds. The maximum absolute atomic E-state index is 11.2. The Hall–Kier alpha value is -1.04. The second kappa shape index (κ2) is 6.78. The summed E-state index contributed by atoms with van der Waals surface area (Å²) in [5, 5.41) is 10.1. The number of hydrogen-bond acceptors (Lipinski definition) is 2. The molecule has 0 aromatic heterocycles. The monoisotopic (exact) mass is 283 g/mol. The minimum atomic E-state index is -0.512. The van der Waals surface area contributed by atoms with Crippen LogP contribution in [0.2, 0.25) is 10.0 Å². The fraction of sp³-hybridized carbons (Fsp3) is 0.429. The Bertz CT molecular complexity index is 459. The molecule has 2 atom stereocenters. The Morgan fingerprint density at radius 3 is 2.28 bits per heavy atom. The van der Waals surface area contributed by atoms with Crippen LogP contribution in [0.3, 0.4) is 0 Å². The summed E-state index contributed by atoms with van der Waals surface area (Å²) < 4.78 is 0. The third-order valence-corrected chi connectivity index (χ3v) is 3.43. The Morgan fingerprint density at radius 1 is 1.28 bits per heavy atom. The predicted molar refractivity (Wildman–Crippen MR) is 73.9 cm³/mol. The molecular weight excluding hydrogens is 269 g/mol. The summed E-state index contributed by atoms with van der Waals surface area (Å²) in [7, 11) is 0. The molecule has 1 rings (SSSR count). The molecule has 0 aliphatic heterocycles. The first-order chi connectivity index (χ1) is 8.43. The Morgan fingerprint density at radius 2 is 1.83 bits per heavy atom. The maximum atomic E-state index is 11.2. The molecule has 0 aliphatic rings. The summed E-state index contributed by atoms with van der Waals surface area (Å²) >= 11 is 11.9. The van der Waals surface area contributed by atoms with E-state index >= 15 is 0 Å². The lowest BCUT2D eigenvalue weighted by atomic mass is 9.91. The van der Waals surface area contributed by atoms with Gasteiger partial charge in [0.1, 0.15) is 11.7 Å². The Balaban J connectivity index is 2.68. The molecule has 0 bridgehead atoms. The van der Waals surface area contributed by atoms with E-state index in [1.165, 1.54) is 6.92 Å². The molecule has 0 radical (unpaired) electrons. The highest BCUT2D eigenvalue weighted by atomic mass is 35.5. The van der Waals surface area contributed by atoms with E-state index in [0.717, 1.165) is 12.0 Å². The minimum Gasteiger partial charge on any atom is -0.299 e. The first-order valence-corrected chi connectivity index (χ1v) is 6.55. The number of carbonyl (C=O) groups is 1. The zero-order valence-electron chi connectivity index (χ0n) is 10.4. The van der Waals surface area contributed by atoms with Crippen molar-refractivity contribution in [1.82, 2.24) is 0 Å². The minimum absolute atomic E-state index is 0.0752. The molecule has 0 saturated heterocycles. The molecular formula is C14H15Cl2NO. The summed E-state index contributed by atoms with van der Waals surface area (Å²) in [4.78, 5) is 11.2. The van der Waals surface area contributed by atoms with Gasteiger partial charge in [0.25, 0.3) is 0 Å². The van der Waals surface area contributed by atoms with Gasteiger partial charge < -0.3 is 0 Å². The summed E-state index contributed by atoms with van der Waals surface area (Å²) in [6.07, 6.45) is 1.33. The zero-order chi connectivity index (χ0) is 13.7. The zero-order valence-corrected chi connectivity index (χ0v) is 11.9. The molecule has 4 heteroatoms. The van der Waals surface area contributed by atoms with Crippen LogP contribution in [0.25, 0.3) is 0 Å². The molecule has 0 heterocycles. The summed E-state index contributed by atoms with van der Waals surface area (Å²) in [6, 6.07) is 7.45. The van der Waals surface area contributed by atoms with Crippen molar-refractivity contribution in [3.8, 4) is 6.07 Å². The highest BCUT2D eigenvalue weighted by Gasteiger charge is 2.15. The molecule has 0 N–H and O–H groups in total. The first-order valence-electron chi connectivity index (χ1n) is 5.80. The molecule has 2 nitrogen and oxygen atoms in total. The topological polar surface area (TPSA) is 40.9 Å². The van der Waals surface area contributed by atoms with E-state index in [1.807, 2.05) is 25.1 Å². The van der Waals surface area contributed by atoms with Crippen LogP contribution in [0.4, 0.5) is 0 Å².